The molecule has 7 nitrogen and oxygen atoms in total. The molecule has 9 heteroatoms. The molecule has 3 rings (SSSR count). The average Bonchev–Trinajstić information content (AvgIpc) is 2.96. The van der Waals surface area contributed by atoms with Gasteiger partial charge in [0.25, 0.3) is 0 Å². The number of pyridine rings is 1. The van der Waals surface area contributed by atoms with Gasteiger partial charge in [0.15, 0.2) is 5.82 Å². The van der Waals surface area contributed by atoms with Crippen molar-refractivity contribution in [3.8, 4) is 0 Å². The number of hydrogen-bond donors (Lipinski definition) is 2. The molecule has 3 heterocycles. The number of rotatable bonds is 5. The van der Waals surface area contributed by atoms with Crippen molar-refractivity contribution in [3.63, 3.8) is 0 Å². The smallest absolute Gasteiger partial charge is 0.225 e. The van der Waals surface area contributed by atoms with Crippen LogP contribution in [0.4, 0.5) is 22.0 Å². The van der Waals surface area contributed by atoms with Crippen molar-refractivity contribution in [1.82, 2.24) is 24.5 Å². The SMILES string of the molecule is CC(Nc1ncc(Cl)c(Nc2cn(C)cn2)n1)c1ccc(F)cn1. The lowest BCUT2D eigenvalue weighted by Crippen LogP contribution is -2.11. The Bertz CT molecular complexity index is 834. The zero-order chi connectivity index (χ0) is 17.1. The van der Waals surface area contributed by atoms with Gasteiger partial charge in [0.1, 0.15) is 16.7 Å². The van der Waals surface area contributed by atoms with E-state index in [1.165, 1.54) is 18.5 Å². The molecule has 1 unspecified atom stereocenters. The third-order valence-electron chi connectivity index (χ3n) is 3.23. The molecule has 2 N–H and O–H groups in total. The highest BCUT2D eigenvalue weighted by atomic mass is 35.5. The third kappa shape index (κ3) is 3.77. The Morgan fingerprint density at radius 1 is 1.21 bits per heavy atom. The van der Waals surface area contributed by atoms with Gasteiger partial charge in [-0.2, -0.15) is 4.98 Å². The minimum Gasteiger partial charge on any atom is -0.346 e. The first-order chi connectivity index (χ1) is 11.5. The summed E-state index contributed by atoms with van der Waals surface area (Å²) in [5.74, 6) is 1.05. The van der Waals surface area contributed by atoms with Crippen molar-refractivity contribution in [2.24, 2.45) is 7.05 Å². The fraction of sp³-hybridized carbons (Fsp3) is 0.200. The van der Waals surface area contributed by atoms with Crippen LogP contribution in [0.5, 0.6) is 0 Å². The van der Waals surface area contributed by atoms with Crippen LogP contribution in [-0.2, 0) is 7.05 Å². The lowest BCUT2D eigenvalue weighted by molar-refractivity contribution is 0.617. The average molecular weight is 348 g/mol. The molecule has 0 saturated heterocycles. The Balaban J connectivity index is 1.76. The number of aromatic nitrogens is 5. The van der Waals surface area contributed by atoms with Crippen LogP contribution in [-0.4, -0.2) is 24.5 Å². The quantitative estimate of drug-likeness (QED) is 0.737. The summed E-state index contributed by atoms with van der Waals surface area (Å²) in [7, 11) is 1.87. The lowest BCUT2D eigenvalue weighted by Gasteiger charge is -2.14. The van der Waals surface area contributed by atoms with Crippen LogP contribution in [0.3, 0.4) is 0 Å². The molecule has 0 fully saturated rings. The molecule has 0 bridgehead atoms. The number of halogens is 2. The van der Waals surface area contributed by atoms with Gasteiger partial charge in [0.2, 0.25) is 5.95 Å². The van der Waals surface area contributed by atoms with Gasteiger partial charge in [-0.25, -0.2) is 14.4 Å². The van der Waals surface area contributed by atoms with E-state index in [2.05, 4.69) is 30.6 Å². The number of imidazole rings is 1. The van der Waals surface area contributed by atoms with Gasteiger partial charge in [-0.3, -0.25) is 4.98 Å². The maximum absolute atomic E-state index is 12.9. The van der Waals surface area contributed by atoms with Crippen LogP contribution in [0.2, 0.25) is 5.02 Å². The van der Waals surface area contributed by atoms with Gasteiger partial charge in [-0.05, 0) is 19.1 Å². The zero-order valence-corrected chi connectivity index (χ0v) is 13.8. The summed E-state index contributed by atoms with van der Waals surface area (Å²) in [6.45, 7) is 1.88. The van der Waals surface area contributed by atoms with Crippen LogP contribution in [0.1, 0.15) is 18.7 Å². The molecule has 0 amide bonds. The van der Waals surface area contributed by atoms with E-state index in [0.29, 0.717) is 28.3 Å². The second-order valence-electron chi connectivity index (χ2n) is 5.21. The van der Waals surface area contributed by atoms with Crippen LogP contribution in [0.15, 0.2) is 37.1 Å². The largest absolute Gasteiger partial charge is 0.346 e. The number of anilines is 3. The van der Waals surface area contributed by atoms with Gasteiger partial charge in [0.05, 0.1) is 30.5 Å². The van der Waals surface area contributed by atoms with Crippen LogP contribution in [0.25, 0.3) is 0 Å². The maximum atomic E-state index is 12.9. The number of aryl methyl sites for hydroxylation is 1. The van der Waals surface area contributed by atoms with Gasteiger partial charge in [0, 0.05) is 13.2 Å². The topological polar surface area (TPSA) is 80.5 Å². The fourth-order valence-electron chi connectivity index (χ4n) is 2.03. The Kier molecular flexibility index (Phi) is 4.57. The molecule has 1 atom stereocenters. The highest BCUT2D eigenvalue weighted by molar-refractivity contribution is 6.32. The van der Waals surface area contributed by atoms with E-state index in [1.54, 1.807) is 23.2 Å². The molecule has 0 aliphatic carbocycles. The summed E-state index contributed by atoms with van der Waals surface area (Å²) in [5, 5.41) is 6.51. The van der Waals surface area contributed by atoms with E-state index in [1.807, 2.05) is 14.0 Å². The minimum absolute atomic E-state index is 0.200. The monoisotopic (exact) mass is 347 g/mol. The van der Waals surface area contributed by atoms with E-state index in [9.17, 15) is 4.39 Å². The van der Waals surface area contributed by atoms with E-state index in [0.717, 1.165) is 0 Å². The molecule has 0 spiro atoms. The van der Waals surface area contributed by atoms with E-state index < -0.39 is 0 Å². The molecule has 124 valence electrons. The predicted molar refractivity (Wildman–Crippen MR) is 89.8 cm³/mol. The lowest BCUT2D eigenvalue weighted by atomic mass is 10.2. The van der Waals surface area contributed by atoms with Crippen molar-refractivity contribution in [2.75, 3.05) is 10.6 Å². The highest BCUT2D eigenvalue weighted by Gasteiger charge is 2.11. The summed E-state index contributed by atoms with van der Waals surface area (Å²) in [6, 6.07) is 2.77. The van der Waals surface area contributed by atoms with Crippen LogP contribution >= 0.6 is 11.6 Å². The third-order valence-corrected chi connectivity index (χ3v) is 3.51. The Labute approximate surface area is 143 Å². The molecule has 24 heavy (non-hydrogen) atoms. The van der Waals surface area contributed by atoms with Crippen LogP contribution in [0, 0.1) is 5.82 Å². The van der Waals surface area contributed by atoms with E-state index >= 15 is 0 Å². The summed E-state index contributed by atoms with van der Waals surface area (Å²) >= 11 is 6.12. The minimum atomic E-state index is -0.379. The number of nitrogens with zero attached hydrogens (tertiary/aromatic N) is 5. The van der Waals surface area contributed by atoms with Crippen molar-refractivity contribution < 1.29 is 4.39 Å². The van der Waals surface area contributed by atoms with Gasteiger partial charge < -0.3 is 15.2 Å². The van der Waals surface area contributed by atoms with Gasteiger partial charge in [-0.15, -0.1) is 0 Å². The first-order valence-electron chi connectivity index (χ1n) is 7.17. The molecule has 0 radical (unpaired) electrons. The zero-order valence-electron chi connectivity index (χ0n) is 13.0. The highest BCUT2D eigenvalue weighted by Crippen LogP contribution is 2.24. The maximum Gasteiger partial charge on any atom is 0.225 e. The number of nitrogens with one attached hydrogen (secondary N) is 2. The second kappa shape index (κ2) is 6.79. The molecule has 0 aliphatic heterocycles. The summed E-state index contributed by atoms with van der Waals surface area (Å²) in [4.78, 5) is 16.7. The Morgan fingerprint density at radius 3 is 2.71 bits per heavy atom. The van der Waals surface area contributed by atoms with Gasteiger partial charge in [-0.1, -0.05) is 11.6 Å². The Morgan fingerprint density at radius 2 is 2.04 bits per heavy atom. The fourth-order valence-corrected chi connectivity index (χ4v) is 2.17. The normalized spacial score (nSPS) is 12.0. The van der Waals surface area contributed by atoms with E-state index in [-0.39, 0.29) is 11.9 Å². The standard InChI is InChI=1S/C15H15ClFN7/c1-9(12-4-3-10(17)5-18-12)21-15-19-6-11(16)14(23-15)22-13-7-24(2)8-20-13/h3-9H,1-2H3,(H2,19,21,22,23). The van der Waals surface area contributed by atoms with Crippen molar-refractivity contribution in [2.45, 2.75) is 13.0 Å². The first-order valence-corrected chi connectivity index (χ1v) is 7.54. The van der Waals surface area contributed by atoms with Crippen molar-refractivity contribution >= 4 is 29.2 Å². The summed E-state index contributed by atoms with van der Waals surface area (Å²) < 4.78 is 14.7. The first kappa shape index (κ1) is 16.1. The summed E-state index contributed by atoms with van der Waals surface area (Å²) in [6.07, 6.45) is 6.13. The molecule has 0 aliphatic rings. The van der Waals surface area contributed by atoms with Crippen LogP contribution < -0.4 is 10.6 Å². The number of hydrogen-bond acceptors (Lipinski definition) is 6. The van der Waals surface area contributed by atoms with Crippen molar-refractivity contribution in [3.05, 3.63) is 53.6 Å². The molecular formula is C15H15ClFN7. The molecule has 3 aromatic rings. The summed E-state index contributed by atoms with van der Waals surface area (Å²) in [5.41, 5.74) is 0.675. The van der Waals surface area contributed by atoms with Gasteiger partial charge >= 0.3 is 0 Å². The predicted octanol–water partition coefficient (Wildman–Crippen LogP) is 3.31. The second-order valence-corrected chi connectivity index (χ2v) is 5.61. The molecule has 3 aromatic heterocycles. The molecule has 0 saturated carbocycles. The molecule has 0 aromatic carbocycles. The van der Waals surface area contributed by atoms with Crippen molar-refractivity contribution in [1.29, 1.82) is 0 Å². The Hall–Kier alpha value is -2.74. The van der Waals surface area contributed by atoms with E-state index in [4.69, 9.17) is 11.6 Å². The molecular weight excluding hydrogens is 333 g/mol.